The molecule has 68 valence electrons. The van der Waals surface area contributed by atoms with Crippen molar-refractivity contribution in [2.75, 3.05) is 12.5 Å². The molecule has 4 heteroatoms. The summed E-state index contributed by atoms with van der Waals surface area (Å²) in [6, 6.07) is 0. The lowest BCUT2D eigenvalue weighted by molar-refractivity contribution is 1.09. The number of halogens is 1. The van der Waals surface area contributed by atoms with Gasteiger partial charge in [0.2, 0.25) is 0 Å². The highest BCUT2D eigenvalue weighted by Gasteiger charge is 1.46. The van der Waals surface area contributed by atoms with Gasteiger partial charge in [0.15, 0.2) is 0 Å². The summed E-state index contributed by atoms with van der Waals surface area (Å²) in [5.74, 6) is 0. The zero-order valence-corrected chi connectivity index (χ0v) is 9.06. The SMILES string of the molecule is C=NCBr.CC.CN/C=C/N. The van der Waals surface area contributed by atoms with Gasteiger partial charge in [0.25, 0.3) is 0 Å². The predicted octanol–water partition coefficient (Wildman–Crippen LogP) is 1.70. The van der Waals surface area contributed by atoms with Crippen molar-refractivity contribution in [3.05, 3.63) is 12.4 Å². The standard InChI is InChI=1S/C3H8N2.C2H4BrN.C2H6/c1-5-3-2-4;1-4-2-3;1-2/h2-3,5H,4H2,1H3;1-2H2;1-2H3/b3-2+;;. The van der Waals surface area contributed by atoms with Gasteiger partial charge in [-0.3, -0.25) is 4.99 Å². The van der Waals surface area contributed by atoms with E-state index in [2.05, 4.69) is 33.0 Å². The first-order valence-electron chi connectivity index (χ1n) is 3.36. The summed E-state index contributed by atoms with van der Waals surface area (Å²) in [5.41, 5.74) is 5.54. The average Bonchev–Trinajstić information content (AvgIpc) is 2.10. The highest BCUT2D eigenvalue weighted by Crippen LogP contribution is 1.72. The van der Waals surface area contributed by atoms with Crippen molar-refractivity contribution in [3.63, 3.8) is 0 Å². The lowest BCUT2D eigenvalue weighted by atomic mass is 10.9. The van der Waals surface area contributed by atoms with Crippen LogP contribution in [0.2, 0.25) is 0 Å². The summed E-state index contributed by atoms with van der Waals surface area (Å²) >= 11 is 3.02. The molecule has 0 amide bonds. The molecule has 3 N–H and O–H groups in total. The molecule has 0 aliphatic carbocycles. The van der Waals surface area contributed by atoms with E-state index < -0.39 is 0 Å². The monoisotopic (exact) mass is 223 g/mol. The maximum absolute atomic E-state index is 4.90. The van der Waals surface area contributed by atoms with Gasteiger partial charge in [0.1, 0.15) is 0 Å². The van der Waals surface area contributed by atoms with Crippen LogP contribution in [0.4, 0.5) is 0 Å². The molecule has 0 aromatic rings. The third-order valence-electron chi connectivity index (χ3n) is 0.347. The summed E-state index contributed by atoms with van der Waals surface area (Å²) in [4.78, 5) is 3.40. The predicted molar refractivity (Wildman–Crippen MR) is 57.1 cm³/mol. The Morgan fingerprint density at radius 3 is 2.00 bits per heavy atom. The van der Waals surface area contributed by atoms with Crippen LogP contribution in [0.5, 0.6) is 0 Å². The molecule has 0 fully saturated rings. The molecule has 0 unspecified atom stereocenters. The van der Waals surface area contributed by atoms with Crippen molar-refractivity contribution in [2.24, 2.45) is 10.7 Å². The van der Waals surface area contributed by atoms with Crippen molar-refractivity contribution in [1.29, 1.82) is 0 Å². The molecular formula is C7H18BrN3. The third kappa shape index (κ3) is 85.9. The van der Waals surface area contributed by atoms with Crippen LogP contribution in [0.15, 0.2) is 17.4 Å². The van der Waals surface area contributed by atoms with Gasteiger partial charge in [-0.25, -0.2) is 0 Å². The second kappa shape index (κ2) is 33.9. The molecule has 0 spiro atoms. The topological polar surface area (TPSA) is 50.4 Å². The lowest BCUT2D eigenvalue weighted by Crippen LogP contribution is -1.93. The molecule has 0 aliphatic heterocycles. The van der Waals surface area contributed by atoms with Crippen molar-refractivity contribution in [2.45, 2.75) is 13.8 Å². The number of nitrogens with two attached hydrogens (primary N) is 1. The Bertz CT molecular complexity index is 74.1. The molecule has 0 aromatic carbocycles. The van der Waals surface area contributed by atoms with E-state index in [1.54, 1.807) is 13.2 Å². The minimum atomic E-state index is 0.646. The number of alkyl halides is 1. The van der Waals surface area contributed by atoms with Crippen LogP contribution in [0.1, 0.15) is 13.8 Å². The second-order valence-electron chi connectivity index (χ2n) is 0.991. The summed E-state index contributed by atoms with van der Waals surface area (Å²) in [6.07, 6.45) is 3.10. The van der Waals surface area contributed by atoms with Crippen LogP contribution >= 0.6 is 15.9 Å². The molecule has 0 bridgehead atoms. The van der Waals surface area contributed by atoms with E-state index in [9.17, 15) is 0 Å². The highest BCUT2D eigenvalue weighted by molar-refractivity contribution is 9.09. The molecule has 0 heterocycles. The normalized spacial score (nSPS) is 6.91. The smallest absolute Gasteiger partial charge is 0.0933 e. The first kappa shape index (κ1) is 16.8. The van der Waals surface area contributed by atoms with E-state index in [-0.39, 0.29) is 0 Å². The number of hydrogen-bond donors (Lipinski definition) is 2. The molecule has 3 nitrogen and oxygen atoms in total. The number of hydrogen-bond acceptors (Lipinski definition) is 3. The molecular weight excluding hydrogens is 206 g/mol. The molecule has 0 aliphatic rings. The minimum absolute atomic E-state index is 0.646. The van der Waals surface area contributed by atoms with Crippen LogP contribution < -0.4 is 11.1 Å². The molecule has 0 saturated heterocycles. The molecule has 0 aromatic heterocycles. The summed E-state index contributed by atoms with van der Waals surface area (Å²) in [5, 5.41) is 2.71. The first-order chi connectivity index (χ1) is 5.33. The molecule has 0 radical (unpaired) electrons. The number of rotatable bonds is 2. The van der Waals surface area contributed by atoms with Gasteiger partial charge in [-0.1, -0.05) is 29.8 Å². The molecule has 11 heavy (non-hydrogen) atoms. The van der Waals surface area contributed by atoms with Gasteiger partial charge < -0.3 is 11.1 Å². The van der Waals surface area contributed by atoms with E-state index in [0.29, 0.717) is 5.45 Å². The Labute approximate surface area is 77.9 Å². The maximum atomic E-state index is 4.90. The van der Waals surface area contributed by atoms with Crippen molar-refractivity contribution >= 4 is 22.6 Å². The lowest BCUT2D eigenvalue weighted by Gasteiger charge is -1.75. The fraction of sp³-hybridized carbons (Fsp3) is 0.571. The molecule has 0 saturated carbocycles. The molecule has 0 rings (SSSR count). The van der Waals surface area contributed by atoms with Crippen molar-refractivity contribution < 1.29 is 0 Å². The fourth-order valence-corrected chi connectivity index (χ4v) is 0.0962. The average molecular weight is 224 g/mol. The fourth-order valence-electron chi connectivity index (χ4n) is 0.0962. The largest absolute Gasteiger partial charge is 0.403 e. The maximum Gasteiger partial charge on any atom is 0.0933 e. The van der Waals surface area contributed by atoms with E-state index in [1.165, 1.54) is 6.20 Å². The van der Waals surface area contributed by atoms with Crippen molar-refractivity contribution in [3.8, 4) is 0 Å². The van der Waals surface area contributed by atoms with E-state index in [4.69, 9.17) is 5.73 Å². The Hall–Kier alpha value is -0.510. The van der Waals surface area contributed by atoms with Gasteiger partial charge in [-0.05, 0) is 6.72 Å². The zero-order valence-electron chi connectivity index (χ0n) is 7.47. The van der Waals surface area contributed by atoms with Crippen LogP contribution in [0, 0.1) is 0 Å². The van der Waals surface area contributed by atoms with Crippen LogP contribution in [0.3, 0.4) is 0 Å². The Morgan fingerprint density at radius 2 is 2.00 bits per heavy atom. The van der Waals surface area contributed by atoms with Gasteiger partial charge in [0.05, 0.1) is 5.45 Å². The minimum Gasteiger partial charge on any atom is -0.403 e. The summed E-state index contributed by atoms with van der Waals surface area (Å²) in [7, 11) is 1.80. The number of aliphatic imine (C=N–C) groups is 1. The van der Waals surface area contributed by atoms with Gasteiger partial charge in [-0.2, -0.15) is 0 Å². The summed E-state index contributed by atoms with van der Waals surface area (Å²) in [6.45, 7) is 7.18. The van der Waals surface area contributed by atoms with Crippen molar-refractivity contribution in [1.82, 2.24) is 5.32 Å². The van der Waals surface area contributed by atoms with Gasteiger partial charge in [-0.15, -0.1) is 0 Å². The second-order valence-corrected chi connectivity index (χ2v) is 1.49. The van der Waals surface area contributed by atoms with Gasteiger partial charge >= 0.3 is 0 Å². The number of nitrogens with zero attached hydrogens (tertiary/aromatic N) is 1. The Balaban J connectivity index is -0.0000000965. The Morgan fingerprint density at radius 1 is 1.64 bits per heavy atom. The first-order valence-corrected chi connectivity index (χ1v) is 4.48. The van der Waals surface area contributed by atoms with Gasteiger partial charge in [0, 0.05) is 19.4 Å². The van der Waals surface area contributed by atoms with Crippen LogP contribution in [-0.2, 0) is 0 Å². The summed E-state index contributed by atoms with van der Waals surface area (Å²) < 4.78 is 0. The van der Waals surface area contributed by atoms with E-state index in [1.807, 2.05) is 13.8 Å². The molecule has 0 atom stereocenters. The Kier molecular flexibility index (Phi) is 51.9. The third-order valence-corrected chi connectivity index (χ3v) is 0.702. The van der Waals surface area contributed by atoms with E-state index in [0.717, 1.165) is 0 Å². The van der Waals surface area contributed by atoms with Crippen LogP contribution in [-0.4, -0.2) is 19.2 Å². The number of nitrogens with one attached hydrogen (secondary N) is 1. The quantitative estimate of drug-likeness (QED) is 0.426. The van der Waals surface area contributed by atoms with E-state index >= 15 is 0 Å². The van der Waals surface area contributed by atoms with Crippen LogP contribution in [0.25, 0.3) is 0 Å². The highest BCUT2D eigenvalue weighted by atomic mass is 79.9. The zero-order chi connectivity index (χ0) is 9.54.